The van der Waals surface area contributed by atoms with Crippen LogP contribution in [0.1, 0.15) is 29.3 Å². The first-order valence-electron chi connectivity index (χ1n) is 6.28. The lowest BCUT2D eigenvalue weighted by molar-refractivity contribution is -0.0614. The van der Waals surface area contributed by atoms with Crippen molar-refractivity contribution in [1.29, 1.82) is 0 Å². The van der Waals surface area contributed by atoms with Crippen molar-refractivity contribution in [3.63, 3.8) is 0 Å². The monoisotopic (exact) mass is 299 g/mol. The summed E-state index contributed by atoms with van der Waals surface area (Å²) in [5.41, 5.74) is -0.432. The lowest BCUT2D eigenvalue weighted by atomic mass is 9.94. The molecule has 2 rings (SSSR count). The molecule has 0 spiro atoms. The molecule has 110 valence electrons. The molecule has 1 aliphatic rings. The van der Waals surface area contributed by atoms with Crippen LogP contribution in [0, 0.1) is 0 Å². The molecule has 0 aromatic heterocycles. The summed E-state index contributed by atoms with van der Waals surface area (Å²) in [5.74, 6) is -1.35. The van der Waals surface area contributed by atoms with Gasteiger partial charge in [0.15, 0.2) is 0 Å². The molecule has 1 fully saturated rings. The fourth-order valence-electron chi connectivity index (χ4n) is 2.13. The highest BCUT2D eigenvalue weighted by Gasteiger charge is 2.45. The summed E-state index contributed by atoms with van der Waals surface area (Å²) >= 11 is 0. The van der Waals surface area contributed by atoms with Gasteiger partial charge in [-0.1, -0.05) is 19.1 Å². The van der Waals surface area contributed by atoms with Gasteiger partial charge < -0.3 is 10.2 Å². The van der Waals surface area contributed by atoms with Crippen LogP contribution in [-0.2, 0) is 15.8 Å². The van der Waals surface area contributed by atoms with Crippen molar-refractivity contribution < 1.29 is 23.4 Å². The van der Waals surface area contributed by atoms with Gasteiger partial charge in [-0.05, 0) is 24.1 Å². The molecule has 0 saturated carbocycles. The van der Waals surface area contributed by atoms with Gasteiger partial charge in [0.1, 0.15) is 0 Å². The van der Waals surface area contributed by atoms with Crippen LogP contribution in [0.25, 0.3) is 0 Å². The summed E-state index contributed by atoms with van der Waals surface area (Å²) in [6, 6.07) is 5.87. The first-order chi connectivity index (χ1) is 9.26. The molecule has 6 nitrogen and oxygen atoms in total. The van der Waals surface area contributed by atoms with Crippen LogP contribution >= 0.6 is 0 Å². The number of benzene rings is 1. The summed E-state index contributed by atoms with van der Waals surface area (Å²) in [6.45, 7) is 2.01. The van der Waals surface area contributed by atoms with Crippen molar-refractivity contribution in [2.75, 3.05) is 13.1 Å². The number of carboxylic acids is 1. The number of rotatable bonds is 5. The van der Waals surface area contributed by atoms with E-state index >= 15 is 0 Å². The third-order valence-corrected chi connectivity index (χ3v) is 5.26. The zero-order valence-electron chi connectivity index (χ0n) is 11.1. The van der Waals surface area contributed by atoms with Crippen LogP contribution in [0.15, 0.2) is 24.3 Å². The van der Waals surface area contributed by atoms with E-state index in [9.17, 15) is 18.3 Å². The normalized spacial score (nSPS) is 18.5. The van der Waals surface area contributed by atoms with Crippen LogP contribution in [-0.4, -0.2) is 47.6 Å². The second-order valence-electron chi connectivity index (χ2n) is 5.11. The Balaban J connectivity index is 2.10. The molecule has 0 aliphatic carbocycles. The van der Waals surface area contributed by atoms with Gasteiger partial charge >= 0.3 is 5.97 Å². The SMILES string of the molecule is CCC1(O)CN(S(=O)(=O)Cc2cccc(C(=O)O)c2)C1. The molecule has 0 unspecified atom stereocenters. The van der Waals surface area contributed by atoms with Crippen LogP contribution in [0.4, 0.5) is 0 Å². The number of sulfonamides is 1. The number of hydrogen-bond acceptors (Lipinski definition) is 4. The molecule has 1 aromatic carbocycles. The molecule has 7 heteroatoms. The average Bonchev–Trinajstić information content (AvgIpc) is 2.34. The number of nitrogens with zero attached hydrogens (tertiary/aromatic N) is 1. The predicted molar refractivity (Wildman–Crippen MR) is 72.8 cm³/mol. The van der Waals surface area contributed by atoms with Gasteiger partial charge in [-0.15, -0.1) is 0 Å². The highest BCUT2D eigenvalue weighted by molar-refractivity contribution is 7.88. The van der Waals surface area contributed by atoms with Gasteiger partial charge in [0.25, 0.3) is 0 Å². The van der Waals surface area contributed by atoms with Crippen LogP contribution in [0.5, 0.6) is 0 Å². The Kier molecular flexibility index (Phi) is 3.86. The minimum atomic E-state index is -3.52. The fraction of sp³-hybridized carbons (Fsp3) is 0.462. The minimum Gasteiger partial charge on any atom is -0.478 e. The average molecular weight is 299 g/mol. The van der Waals surface area contributed by atoms with Crippen LogP contribution < -0.4 is 0 Å². The Hall–Kier alpha value is -1.44. The van der Waals surface area contributed by atoms with Gasteiger partial charge in [-0.3, -0.25) is 0 Å². The Morgan fingerprint density at radius 1 is 1.40 bits per heavy atom. The quantitative estimate of drug-likeness (QED) is 0.833. The van der Waals surface area contributed by atoms with Crippen molar-refractivity contribution in [2.24, 2.45) is 0 Å². The van der Waals surface area contributed by atoms with Gasteiger partial charge in [0, 0.05) is 13.1 Å². The van der Waals surface area contributed by atoms with E-state index in [2.05, 4.69) is 0 Å². The molecule has 0 atom stereocenters. The maximum Gasteiger partial charge on any atom is 0.335 e. The fourth-order valence-corrected chi connectivity index (χ4v) is 3.78. The van der Waals surface area contributed by atoms with Crippen LogP contribution in [0.2, 0.25) is 0 Å². The summed E-state index contributed by atoms with van der Waals surface area (Å²) in [7, 11) is -3.52. The Bertz CT molecular complexity index is 619. The molecule has 0 amide bonds. The molecule has 2 N–H and O–H groups in total. The smallest absolute Gasteiger partial charge is 0.335 e. The molecule has 1 aromatic rings. The van der Waals surface area contributed by atoms with E-state index in [-0.39, 0.29) is 24.4 Å². The van der Waals surface area contributed by atoms with Crippen LogP contribution in [0.3, 0.4) is 0 Å². The summed E-state index contributed by atoms with van der Waals surface area (Å²) in [4.78, 5) is 10.9. The van der Waals surface area contributed by atoms with E-state index < -0.39 is 21.6 Å². The highest BCUT2D eigenvalue weighted by Crippen LogP contribution is 2.28. The van der Waals surface area contributed by atoms with Crippen molar-refractivity contribution in [3.8, 4) is 0 Å². The molecule has 1 aliphatic heterocycles. The second-order valence-corrected chi connectivity index (χ2v) is 7.08. The van der Waals surface area contributed by atoms with E-state index in [1.54, 1.807) is 13.0 Å². The number of aromatic carboxylic acids is 1. The van der Waals surface area contributed by atoms with Gasteiger partial charge in [0.2, 0.25) is 10.0 Å². The number of aliphatic hydroxyl groups is 1. The third kappa shape index (κ3) is 3.00. The standard InChI is InChI=1S/C13H17NO5S/c1-2-13(17)8-14(9-13)20(18,19)7-10-4-3-5-11(6-10)12(15)16/h3-6,17H,2,7-9H2,1H3,(H,15,16). The highest BCUT2D eigenvalue weighted by atomic mass is 32.2. The van der Waals surface area contributed by atoms with Gasteiger partial charge in [-0.25, -0.2) is 13.2 Å². The molecule has 0 bridgehead atoms. The molecular weight excluding hydrogens is 282 g/mol. The molecular formula is C13H17NO5S. The first-order valence-corrected chi connectivity index (χ1v) is 7.89. The Morgan fingerprint density at radius 3 is 2.60 bits per heavy atom. The number of carbonyl (C=O) groups is 1. The maximum absolute atomic E-state index is 12.1. The largest absolute Gasteiger partial charge is 0.478 e. The first kappa shape index (κ1) is 15.0. The van der Waals surface area contributed by atoms with E-state index in [1.165, 1.54) is 22.5 Å². The zero-order valence-corrected chi connectivity index (χ0v) is 11.9. The summed E-state index contributed by atoms with van der Waals surface area (Å²) < 4.78 is 25.5. The lowest BCUT2D eigenvalue weighted by Gasteiger charge is -2.44. The molecule has 1 heterocycles. The number of β-amino-alcohol motifs (C(OH)–C–C–N with tert-alkyl or cyclic N) is 1. The van der Waals surface area contributed by atoms with E-state index in [4.69, 9.17) is 5.11 Å². The Labute approximate surface area is 117 Å². The van der Waals surface area contributed by atoms with E-state index in [0.29, 0.717) is 12.0 Å². The molecule has 20 heavy (non-hydrogen) atoms. The Morgan fingerprint density at radius 2 is 2.05 bits per heavy atom. The molecule has 0 radical (unpaired) electrons. The topological polar surface area (TPSA) is 94.9 Å². The van der Waals surface area contributed by atoms with Crippen molar-refractivity contribution in [1.82, 2.24) is 4.31 Å². The summed E-state index contributed by atoms with van der Waals surface area (Å²) in [5, 5.41) is 18.7. The van der Waals surface area contributed by atoms with Gasteiger partial charge in [-0.2, -0.15) is 4.31 Å². The number of carboxylic acid groups (broad SMARTS) is 1. The predicted octanol–water partition coefficient (Wildman–Crippen LogP) is 0.671. The minimum absolute atomic E-state index is 0.0615. The van der Waals surface area contributed by atoms with Crippen molar-refractivity contribution in [2.45, 2.75) is 24.7 Å². The second kappa shape index (κ2) is 5.16. The van der Waals surface area contributed by atoms with E-state index in [1.807, 2.05) is 0 Å². The van der Waals surface area contributed by atoms with Crippen molar-refractivity contribution >= 4 is 16.0 Å². The van der Waals surface area contributed by atoms with Crippen molar-refractivity contribution in [3.05, 3.63) is 35.4 Å². The zero-order chi connectivity index (χ0) is 15.0. The number of hydrogen-bond donors (Lipinski definition) is 2. The molecule has 1 saturated heterocycles. The third-order valence-electron chi connectivity index (χ3n) is 3.52. The van der Waals surface area contributed by atoms with E-state index in [0.717, 1.165) is 0 Å². The van der Waals surface area contributed by atoms with Gasteiger partial charge in [0.05, 0.1) is 16.9 Å². The lowest BCUT2D eigenvalue weighted by Crippen LogP contribution is -2.63. The maximum atomic E-state index is 12.1. The summed E-state index contributed by atoms with van der Waals surface area (Å²) in [6.07, 6.45) is 0.507.